The summed E-state index contributed by atoms with van der Waals surface area (Å²) < 4.78 is 5.82. The maximum atomic E-state index is 13.6. The van der Waals surface area contributed by atoms with Gasteiger partial charge in [0.15, 0.2) is 5.96 Å². The minimum absolute atomic E-state index is 0.0918. The Kier molecular flexibility index (Phi) is 15.8. The summed E-state index contributed by atoms with van der Waals surface area (Å²) in [4.78, 5) is 56.4. The van der Waals surface area contributed by atoms with Crippen molar-refractivity contribution in [3.63, 3.8) is 0 Å². The number of unbranched alkanes of at least 4 members (excludes halogenated alkanes) is 1. The summed E-state index contributed by atoms with van der Waals surface area (Å²) in [6, 6.07) is 22.3. The van der Waals surface area contributed by atoms with Gasteiger partial charge in [0.2, 0.25) is 23.6 Å². The van der Waals surface area contributed by atoms with Crippen LogP contribution in [-0.4, -0.2) is 54.8 Å². The van der Waals surface area contributed by atoms with Crippen LogP contribution in [0.5, 0.6) is 5.75 Å². The van der Waals surface area contributed by atoms with E-state index in [2.05, 4.69) is 20.9 Å². The van der Waals surface area contributed by atoms with Gasteiger partial charge in [0, 0.05) is 12.6 Å². The molecule has 0 spiro atoms. The third-order valence-corrected chi connectivity index (χ3v) is 7.42. The van der Waals surface area contributed by atoms with Gasteiger partial charge in [-0.1, -0.05) is 72.8 Å². The number of ether oxygens (including phenoxy) is 1. The lowest BCUT2D eigenvalue weighted by Crippen LogP contribution is -2.54. The standard InChI is InChI=1S/C36H46N8O5/c37-22-8-7-14-30(35(48)44-32(33(38)46)27-17-19-28(20-18-27)49-24-26-12-5-2-6-13-26)43-34(47)29(15-9-23-41-36(39)40)42-31(45)21-16-25-10-3-1-4-11-25/h1-6,10-13,16-21,29-30,32H,7-9,14-15,22-24,37H2,(H2,38,46)(H,42,45)(H,43,47)(H,44,48)(H4,39,40,41)/b21-16+/t29-,30-,32+/m0/s1. The van der Waals surface area contributed by atoms with E-state index in [-0.39, 0.29) is 25.3 Å². The van der Waals surface area contributed by atoms with Crippen LogP contribution in [0.25, 0.3) is 6.08 Å². The van der Waals surface area contributed by atoms with Crippen molar-refractivity contribution in [1.29, 1.82) is 0 Å². The maximum Gasteiger partial charge on any atom is 0.244 e. The molecule has 11 N–H and O–H groups in total. The molecule has 0 aliphatic heterocycles. The SMILES string of the molecule is NCCCC[C@H](NC(=O)[C@H](CCCN=C(N)N)NC(=O)/C=C/c1ccccc1)C(=O)N[C@@H](C(N)=O)c1ccc(OCc2ccccc2)cc1. The molecule has 3 aromatic carbocycles. The van der Waals surface area contributed by atoms with Crippen molar-refractivity contribution in [3.05, 3.63) is 108 Å². The summed E-state index contributed by atoms with van der Waals surface area (Å²) in [6.07, 6.45) is 4.86. The number of hydrogen-bond acceptors (Lipinski definition) is 7. The Hall–Kier alpha value is -5.69. The van der Waals surface area contributed by atoms with Crippen LogP contribution in [0.15, 0.2) is 96.0 Å². The molecule has 13 heteroatoms. The molecule has 3 aromatic rings. The molecule has 0 saturated carbocycles. The van der Waals surface area contributed by atoms with Gasteiger partial charge in [-0.05, 0) is 73.5 Å². The van der Waals surface area contributed by atoms with Crippen molar-refractivity contribution in [1.82, 2.24) is 16.0 Å². The van der Waals surface area contributed by atoms with E-state index in [1.807, 2.05) is 60.7 Å². The Morgan fingerprint density at radius 1 is 0.735 bits per heavy atom. The van der Waals surface area contributed by atoms with E-state index in [0.29, 0.717) is 43.7 Å². The first-order valence-corrected chi connectivity index (χ1v) is 16.1. The predicted molar refractivity (Wildman–Crippen MR) is 189 cm³/mol. The van der Waals surface area contributed by atoms with E-state index < -0.39 is 41.8 Å². The number of nitrogens with two attached hydrogens (primary N) is 4. The van der Waals surface area contributed by atoms with Gasteiger partial charge in [0.25, 0.3) is 0 Å². The number of hydrogen-bond donors (Lipinski definition) is 7. The number of amides is 4. The highest BCUT2D eigenvalue weighted by Gasteiger charge is 2.29. The van der Waals surface area contributed by atoms with Crippen molar-refractivity contribution < 1.29 is 23.9 Å². The third-order valence-electron chi connectivity index (χ3n) is 7.42. The molecule has 0 aliphatic carbocycles. The second kappa shape index (κ2) is 20.5. The average molecular weight is 671 g/mol. The largest absolute Gasteiger partial charge is 0.489 e. The average Bonchev–Trinajstić information content (AvgIpc) is 3.10. The lowest BCUT2D eigenvalue weighted by molar-refractivity contribution is -0.133. The summed E-state index contributed by atoms with van der Waals surface area (Å²) >= 11 is 0. The second-order valence-electron chi connectivity index (χ2n) is 11.3. The topological polar surface area (TPSA) is 230 Å². The lowest BCUT2D eigenvalue weighted by atomic mass is 10.0. The van der Waals surface area contributed by atoms with E-state index in [0.717, 1.165) is 11.1 Å². The quantitative estimate of drug-likeness (QED) is 0.0404. The minimum Gasteiger partial charge on any atom is -0.489 e. The first kappa shape index (κ1) is 37.8. The fourth-order valence-corrected chi connectivity index (χ4v) is 4.82. The molecule has 0 heterocycles. The summed E-state index contributed by atoms with van der Waals surface area (Å²) in [5.41, 5.74) is 24.5. The zero-order valence-electron chi connectivity index (χ0n) is 27.4. The number of benzene rings is 3. The van der Waals surface area contributed by atoms with Crippen LogP contribution < -0.4 is 43.6 Å². The van der Waals surface area contributed by atoms with Crippen LogP contribution >= 0.6 is 0 Å². The second-order valence-corrected chi connectivity index (χ2v) is 11.3. The van der Waals surface area contributed by atoms with Crippen LogP contribution in [0.2, 0.25) is 0 Å². The van der Waals surface area contributed by atoms with Crippen molar-refractivity contribution in [2.45, 2.75) is 56.8 Å². The molecule has 0 radical (unpaired) electrons. The van der Waals surface area contributed by atoms with Crippen LogP contribution in [0.1, 0.15) is 54.8 Å². The number of carbonyl (C=O) groups excluding carboxylic acids is 4. The highest BCUT2D eigenvalue weighted by molar-refractivity contribution is 5.97. The minimum atomic E-state index is -1.18. The van der Waals surface area contributed by atoms with Gasteiger partial charge in [0.1, 0.15) is 30.5 Å². The highest BCUT2D eigenvalue weighted by Crippen LogP contribution is 2.20. The van der Waals surface area contributed by atoms with E-state index in [1.54, 1.807) is 30.3 Å². The molecule has 3 atom stereocenters. The number of nitrogens with one attached hydrogen (secondary N) is 3. The Morgan fingerprint density at radius 2 is 1.35 bits per heavy atom. The number of rotatable bonds is 20. The molecule has 0 saturated heterocycles. The van der Waals surface area contributed by atoms with Gasteiger partial charge >= 0.3 is 0 Å². The van der Waals surface area contributed by atoms with Crippen molar-refractivity contribution >= 4 is 35.7 Å². The van der Waals surface area contributed by atoms with Crippen LogP contribution in [0.4, 0.5) is 0 Å². The zero-order valence-corrected chi connectivity index (χ0v) is 27.4. The molecule has 0 bridgehead atoms. The highest BCUT2D eigenvalue weighted by atomic mass is 16.5. The van der Waals surface area contributed by atoms with E-state index in [1.165, 1.54) is 6.08 Å². The molecular weight excluding hydrogens is 624 g/mol. The molecule has 0 fully saturated rings. The Labute approximate surface area is 286 Å². The first-order chi connectivity index (χ1) is 23.7. The third kappa shape index (κ3) is 13.9. The lowest BCUT2D eigenvalue weighted by Gasteiger charge is -2.25. The van der Waals surface area contributed by atoms with Crippen LogP contribution in [0.3, 0.4) is 0 Å². The van der Waals surface area contributed by atoms with Crippen LogP contribution in [0, 0.1) is 0 Å². The summed E-state index contributed by atoms with van der Waals surface area (Å²) in [5.74, 6) is -2.01. The molecule has 0 unspecified atom stereocenters. The normalized spacial score (nSPS) is 12.7. The number of guanidine groups is 1. The Morgan fingerprint density at radius 3 is 1.98 bits per heavy atom. The number of nitrogens with zero attached hydrogens (tertiary/aromatic N) is 1. The smallest absolute Gasteiger partial charge is 0.244 e. The summed E-state index contributed by atoms with van der Waals surface area (Å²) in [6.45, 7) is 0.986. The van der Waals surface area contributed by atoms with Gasteiger partial charge in [-0.3, -0.25) is 24.2 Å². The summed E-state index contributed by atoms with van der Waals surface area (Å²) in [7, 11) is 0. The first-order valence-electron chi connectivity index (χ1n) is 16.1. The number of aliphatic imine (C=N–C) groups is 1. The van der Waals surface area contributed by atoms with Crippen molar-refractivity contribution in [2.75, 3.05) is 13.1 Å². The van der Waals surface area contributed by atoms with Gasteiger partial charge in [-0.2, -0.15) is 0 Å². The van der Waals surface area contributed by atoms with E-state index in [4.69, 9.17) is 27.7 Å². The van der Waals surface area contributed by atoms with Crippen molar-refractivity contribution in [3.8, 4) is 5.75 Å². The van der Waals surface area contributed by atoms with Crippen molar-refractivity contribution in [2.24, 2.45) is 27.9 Å². The molecule has 49 heavy (non-hydrogen) atoms. The van der Waals surface area contributed by atoms with E-state index >= 15 is 0 Å². The number of primary amides is 1. The molecule has 0 aromatic heterocycles. The van der Waals surface area contributed by atoms with Gasteiger partial charge < -0.3 is 43.6 Å². The molecule has 260 valence electrons. The fraction of sp³-hybridized carbons (Fsp3) is 0.306. The molecule has 13 nitrogen and oxygen atoms in total. The van der Waals surface area contributed by atoms with E-state index in [9.17, 15) is 19.2 Å². The van der Waals surface area contributed by atoms with Gasteiger partial charge in [-0.25, -0.2) is 0 Å². The van der Waals surface area contributed by atoms with Crippen LogP contribution in [-0.2, 0) is 25.8 Å². The monoisotopic (exact) mass is 670 g/mol. The predicted octanol–water partition coefficient (Wildman–Crippen LogP) is 1.77. The fourth-order valence-electron chi connectivity index (χ4n) is 4.82. The van der Waals surface area contributed by atoms with Gasteiger partial charge in [-0.15, -0.1) is 0 Å². The Bertz CT molecular complexity index is 1540. The Balaban J connectivity index is 1.72. The molecule has 3 rings (SSSR count). The zero-order chi connectivity index (χ0) is 35.4. The number of carbonyl (C=O) groups is 4. The maximum absolute atomic E-state index is 13.6. The molecule has 0 aliphatic rings. The molecular formula is C36H46N8O5. The molecule has 4 amide bonds. The summed E-state index contributed by atoms with van der Waals surface area (Å²) in [5, 5.41) is 8.15. The van der Waals surface area contributed by atoms with Gasteiger partial charge in [0.05, 0.1) is 0 Å².